The fourth-order valence-corrected chi connectivity index (χ4v) is 3.25. The van der Waals surface area contributed by atoms with Crippen LogP contribution in [0.1, 0.15) is 58.3 Å². The summed E-state index contributed by atoms with van der Waals surface area (Å²) in [6.45, 7) is 7.69. The van der Waals surface area contributed by atoms with Crippen LogP contribution >= 0.6 is 0 Å². The van der Waals surface area contributed by atoms with Crippen LogP contribution in [0.2, 0.25) is 0 Å². The van der Waals surface area contributed by atoms with Gasteiger partial charge in [-0.05, 0) is 45.6 Å². The summed E-state index contributed by atoms with van der Waals surface area (Å²) in [6, 6.07) is -0.0763. The van der Waals surface area contributed by atoms with Crippen LogP contribution in [0.3, 0.4) is 0 Å². The zero-order valence-corrected chi connectivity index (χ0v) is 13.3. The van der Waals surface area contributed by atoms with Crippen LogP contribution in [-0.2, 0) is 4.74 Å². The van der Waals surface area contributed by atoms with Gasteiger partial charge in [0.05, 0.1) is 31.5 Å². The molecular weight excluding hydrogens is 268 g/mol. The normalized spacial score (nSPS) is 17.5. The van der Waals surface area contributed by atoms with E-state index in [0.29, 0.717) is 22.5 Å². The predicted octanol–water partition coefficient (Wildman–Crippen LogP) is 1.06. The smallest absolute Gasteiger partial charge is 0.339 e. The molecule has 1 aromatic heterocycles. The molecule has 2 rings (SSSR count). The molecule has 0 radical (unpaired) electrons. The molecule has 0 bridgehead atoms. The number of carbonyl (C=O) groups is 2. The maximum atomic E-state index is 12.7. The number of quaternary nitrogens is 1. The molecule has 0 spiro atoms. The van der Waals surface area contributed by atoms with Crippen LogP contribution in [-0.4, -0.2) is 43.0 Å². The van der Waals surface area contributed by atoms with Crippen molar-refractivity contribution in [3.63, 3.8) is 0 Å². The zero-order valence-electron chi connectivity index (χ0n) is 13.3. The number of hydrogen-bond donors (Lipinski definition) is 2. The lowest BCUT2D eigenvalue weighted by Gasteiger charge is -2.28. The number of ether oxygens (including phenoxy) is 1. The lowest BCUT2D eigenvalue weighted by molar-refractivity contribution is -0.918. The lowest BCUT2D eigenvalue weighted by Crippen LogP contribution is -3.17. The number of piperidine rings is 1. The number of aromatic amines is 1. The molecule has 0 aliphatic carbocycles. The number of methoxy groups -OCH3 is 1. The van der Waals surface area contributed by atoms with Crippen LogP contribution in [0.4, 0.5) is 0 Å². The minimum atomic E-state index is -0.390. The fraction of sp³-hybridized carbons (Fsp3) is 0.625. The average molecular weight is 293 g/mol. The third-order valence-electron chi connectivity index (χ3n) is 4.57. The summed E-state index contributed by atoms with van der Waals surface area (Å²) >= 11 is 0. The van der Waals surface area contributed by atoms with Crippen molar-refractivity contribution in [2.45, 2.75) is 46.1 Å². The molecule has 5 nitrogen and oxygen atoms in total. The third kappa shape index (κ3) is 3.02. The Bertz CT molecular complexity index is 542. The topological polar surface area (TPSA) is 63.6 Å². The summed E-state index contributed by atoms with van der Waals surface area (Å²) < 4.78 is 4.79. The number of aryl methyl sites for hydroxylation is 1. The van der Waals surface area contributed by atoms with Crippen LogP contribution < -0.4 is 4.90 Å². The van der Waals surface area contributed by atoms with Gasteiger partial charge in [0.15, 0.2) is 0 Å². The first-order valence-electron chi connectivity index (χ1n) is 7.63. The number of esters is 1. The molecular formula is C16H25N2O3+. The average Bonchev–Trinajstić information content (AvgIpc) is 2.80. The number of ketones is 1. The molecule has 2 N–H and O–H groups in total. The van der Waals surface area contributed by atoms with Crippen molar-refractivity contribution in [1.29, 1.82) is 0 Å². The molecule has 0 unspecified atom stereocenters. The van der Waals surface area contributed by atoms with Crippen LogP contribution in [0, 0.1) is 13.8 Å². The van der Waals surface area contributed by atoms with E-state index in [0.717, 1.165) is 13.1 Å². The van der Waals surface area contributed by atoms with Gasteiger partial charge in [-0.2, -0.15) is 0 Å². The summed E-state index contributed by atoms with van der Waals surface area (Å²) in [5.74, 6) is -0.305. The molecule has 1 saturated heterocycles. The standard InChI is InChI=1S/C16H24N2O3/c1-10-13(16(20)21-4)11(2)17-14(10)15(19)12(3)18-8-6-5-7-9-18/h12,17H,5-9H2,1-4H3/p+1/t12-/m0/s1. The Morgan fingerprint density at radius 1 is 1.19 bits per heavy atom. The number of hydrogen-bond acceptors (Lipinski definition) is 3. The molecule has 5 heteroatoms. The highest BCUT2D eigenvalue weighted by Gasteiger charge is 2.31. The molecule has 2 heterocycles. The Kier molecular flexibility index (Phi) is 4.83. The number of rotatable bonds is 4. The molecule has 21 heavy (non-hydrogen) atoms. The van der Waals surface area contributed by atoms with Crippen LogP contribution in [0.15, 0.2) is 0 Å². The Balaban J connectivity index is 2.25. The number of Topliss-reactive ketones (excluding diaryl/α,β-unsaturated/α-hetero) is 1. The molecule has 1 aromatic rings. The highest BCUT2D eigenvalue weighted by molar-refractivity contribution is 6.03. The second-order valence-electron chi connectivity index (χ2n) is 5.92. The van der Waals surface area contributed by atoms with E-state index in [4.69, 9.17) is 4.74 Å². The van der Waals surface area contributed by atoms with E-state index >= 15 is 0 Å². The van der Waals surface area contributed by atoms with Gasteiger partial charge in [0.25, 0.3) is 0 Å². The van der Waals surface area contributed by atoms with Crippen molar-refractivity contribution in [1.82, 2.24) is 4.98 Å². The summed E-state index contributed by atoms with van der Waals surface area (Å²) in [4.78, 5) is 29.0. The third-order valence-corrected chi connectivity index (χ3v) is 4.57. The number of likely N-dealkylation sites (tertiary alicyclic amines) is 1. The maximum absolute atomic E-state index is 12.7. The number of carbonyl (C=O) groups excluding carboxylic acids is 2. The molecule has 1 atom stereocenters. The van der Waals surface area contributed by atoms with Gasteiger partial charge in [-0.3, -0.25) is 4.79 Å². The monoisotopic (exact) mass is 293 g/mol. The van der Waals surface area contributed by atoms with Gasteiger partial charge in [0.1, 0.15) is 6.04 Å². The summed E-state index contributed by atoms with van der Waals surface area (Å²) in [5.41, 5.74) is 2.44. The first-order chi connectivity index (χ1) is 9.97. The van der Waals surface area contributed by atoms with E-state index in [2.05, 4.69) is 4.98 Å². The van der Waals surface area contributed by atoms with E-state index < -0.39 is 5.97 Å². The van der Waals surface area contributed by atoms with Gasteiger partial charge in [0.2, 0.25) is 5.78 Å². The molecule has 1 aliphatic heterocycles. The summed E-state index contributed by atoms with van der Waals surface area (Å²) in [5, 5.41) is 0. The van der Waals surface area contributed by atoms with E-state index in [1.165, 1.54) is 31.3 Å². The van der Waals surface area contributed by atoms with E-state index in [1.54, 1.807) is 13.8 Å². The van der Waals surface area contributed by atoms with E-state index in [9.17, 15) is 9.59 Å². The Hall–Kier alpha value is -1.62. The van der Waals surface area contributed by atoms with Crippen LogP contribution in [0.25, 0.3) is 0 Å². The van der Waals surface area contributed by atoms with E-state index in [-0.39, 0.29) is 11.8 Å². The quantitative estimate of drug-likeness (QED) is 0.644. The predicted molar refractivity (Wildman–Crippen MR) is 79.9 cm³/mol. The van der Waals surface area contributed by atoms with Crippen molar-refractivity contribution in [3.05, 3.63) is 22.5 Å². The Morgan fingerprint density at radius 3 is 2.38 bits per heavy atom. The second-order valence-corrected chi connectivity index (χ2v) is 5.92. The maximum Gasteiger partial charge on any atom is 0.339 e. The van der Waals surface area contributed by atoms with Crippen molar-refractivity contribution >= 4 is 11.8 Å². The summed E-state index contributed by atoms with van der Waals surface area (Å²) in [6.07, 6.45) is 3.63. The fourth-order valence-electron chi connectivity index (χ4n) is 3.25. The van der Waals surface area contributed by atoms with Crippen molar-refractivity contribution in [3.8, 4) is 0 Å². The van der Waals surface area contributed by atoms with Gasteiger partial charge in [-0.1, -0.05) is 0 Å². The molecule has 1 fully saturated rings. The van der Waals surface area contributed by atoms with Crippen molar-refractivity contribution < 1.29 is 19.2 Å². The molecule has 0 saturated carbocycles. The summed E-state index contributed by atoms with van der Waals surface area (Å²) in [7, 11) is 1.36. The molecule has 0 amide bonds. The number of H-pyrrole nitrogens is 1. The Morgan fingerprint density at radius 2 is 1.81 bits per heavy atom. The lowest BCUT2D eigenvalue weighted by atomic mass is 10.0. The highest BCUT2D eigenvalue weighted by Crippen LogP contribution is 2.20. The number of aromatic nitrogens is 1. The van der Waals surface area contributed by atoms with Crippen molar-refractivity contribution in [2.24, 2.45) is 0 Å². The van der Waals surface area contributed by atoms with Crippen molar-refractivity contribution in [2.75, 3.05) is 20.2 Å². The number of nitrogens with one attached hydrogen (secondary N) is 2. The van der Waals surface area contributed by atoms with E-state index in [1.807, 2.05) is 6.92 Å². The first-order valence-corrected chi connectivity index (χ1v) is 7.63. The SMILES string of the molecule is COC(=O)c1c(C)[nH]c(C(=O)[C@H](C)[NH+]2CCCCC2)c1C. The zero-order chi connectivity index (χ0) is 15.6. The van der Waals surface area contributed by atoms with Gasteiger partial charge in [0, 0.05) is 5.69 Å². The highest BCUT2D eigenvalue weighted by atomic mass is 16.5. The largest absolute Gasteiger partial charge is 0.465 e. The minimum Gasteiger partial charge on any atom is -0.465 e. The van der Waals surface area contributed by atoms with Gasteiger partial charge in [-0.15, -0.1) is 0 Å². The van der Waals surface area contributed by atoms with Gasteiger partial charge >= 0.3 is 5.97 Å². The molecule has 116 valence electrons. The first kappa shape index (κ1) is 15.8. The minimum absolute atomic E-state index is 0.0763. The van der Waals surface area contributed by atoms with Crippen LogP contribution in [0.5, 0.6) is 0 Å². The van der Waals surface area contributed by atoms with Gasteiger partial charge < -0.3 is 14.6 Å². The Labute approximate surface area is 125 Å². The molecule has 1 aliphatic rings. The second kappa shape index (κ2) is 6.43. The molecule has 0 aromatic carbocycles. The van der Waals surface area contributed by atoms with Gasteiger partial charge in [-0.25, -0.2) is 4.79 Å².